The molecular formula is C29H26FN3O4. The number of carbonyl (C=O) groups is 1. The monoisotopic (exact) mass is 499 g/mol. The third-order valence-corrected chi connectivity index (χ3v) is 6.73. The number of ether oxygens (including phenoxy) is 2. The van der Waals surface area contributed by atoms with Gasteiger partial charge in [-0.1, -0.05) is 47.6 Å². The molecule has 0 bridgehead atoms. The topological polar surface area (TPSA) is 68.0 Å². The van der Waals surface area contributed by atoms with E-state index in [1.807, 2.05) is 48.5 Å². The summed E-state index contributed by atoms with van der Waals surface area (Å²) in [5, 5.41) is 4.43. The number of benzene rings is 3. The Labute approximate surface area is 214 Å². The van der Waals surface area contributed by atoms with Crippen molar-refractivity contribution in [2.45, 2.75) is 25.9 Å². The Morgan fingerprint density at radius 3 is 2.54 bits per heavy atom. The summed E-state index contributed by atoms with van der Waals surface area (Å²) >= 11 is 0. The summed E-state index contributed by atoms with van der Waals surface area (Å²) in [6, 6.07) is 21.2. The maximum Gasteiger partial charge on any atom is 0.254 e. The first-order chi connectivity index (χ1) is 18.2. The van der Waals surface area contributed by atoms with Crippen LogP contribution in [0.4, 0.5) is 10.3 Å². The zero-order chi connectivity index (χ0) is 25.2. The lowest BCUT2D eigenvalue weighted by molar-refractivity contribution is 0.0729. The third kappa shape index (κ3) is 4.74. The number of amides is 1. The number of aromatic nitrogens is 1. The molecule has 0 spiro atoms. The number of hydrogen-bond acceptors (Lipinski definition) is 6. The van der Waals surface area contributed by atoms with Gasteiger partial charge < -0.3 is 23.8 Å². The van der Waals surface area contributed by atoms with E-state index in [1.54, 1.807) is 17.0 Å². The van der Waals surface area contributed by atoms with Gasteiger partial charge in [-0.2, -0.15) is 0 Å². The minimum atomic E-state index is -0.457. The van der Waals surface area contributed by atoms with Crippen molar-refractivity contribution in [2.24, 2.45) is 0 Å². The van der Waals surface area contributed by atoms with Crippen LogP contribution in [0.25, 0.3) is 11.3 Å². The second-order valence-electron chi connectivity index (χ2n) is 9.23. The number of nitrogens with zero attached hydrogens (tertiary/aromatic N) is 3. The molecule has 0 unspecified atom stereocenters. The fourth-order valence-corrected chi connectivity index (χ4v) is 4.89. The van der Waals surface area contributed by atoms with Gasteiger partial charge in [0.15, 0.2) is 11.5 Å². The summed E-state index contributed by atoms with van der Waals surface area (Å²) < 4.78 is 30.9. The minimum absolute atomic E-state index is 0.172. The third-order valence-electron chi connectivity index (χ3n) is 6.73. The van der Waals surface area contributed by atoms with Gasteiger partial charge in [0.1, 0.15) is 11.5 Å². The van der Waals surface area contributed by atoms with Gasteiger partial charge in [0, 0.05) is 30.8 Å². The molecule has 0 N–H and O–H groups in total. The lowest BCUT2D eigenvalue weighted by Gasteiger charge is -2.25. The molecule has 2 aliphatic heterocycles. The number of hydrogen-bond donors (Lipinski definition) is 0. The molecule has 3 heterocycles. The van der Waals surface area contributed by atoms with Crippen molar-refractivity contribution in [1.29, 1.82) is 0 Å². The Morgan fingerprint density at radius 1 is 0.919 bits per heavy atom. The number of fused-ring (bicyclic) bond motifs is 1. The molecule has 0 radical (unpaired) electrons. The van der Waals surface area contributed by atoms with Crippen LogP contribution in [0.5, 0.6) is 11.5 Å². The summed E-state index contributed by atoms with van der Waals surface area (Å²) in [4.78, 5) is 17.7. The first kappa shape index (κ1) is 23.1. The largest absolute Gasteiger partial charge is 0.454 e. The Kier molecular flexibility index (Phi) is 6.22. The molecule has 37 heavy (non-hydrogen) atoms. The molecule has 8 heteroatoms. The van der Waals surface area contributed by atoms with Crippen LogP contribution in [-0.4, -0.2) is 35.8 Å². The predicted molar refractivity (Wildman–Crippen MR) is 136 cm³/mol. The molecule has 0 saturated carbocycles. The minimum Gasteiger partial charge on any atom is -0.454 e. The molecule has 2 aliphatic rings. The van der Waals surface area contributed by atoms with E-state index in [0.29, 0.717) is 23.1 Å². The lowest BCUT2D eigenvalue weighted by atomic mass is 10.1. The standard InChI is InChI=1S/C29H26FN3O4/c30-23-10-6-9-22(16-23)28(34)33(17-20-11-12-25-26(15-20)36-19-35-25)18-24-27(21-7-2-1-3-8-21)31-37-29(24)32-13-4-5-14-32/h1-3,6-12,15-16H,4-5,13-14,17-19H2. The van der Waals surface area contributed by atoms with E-state index >= 15 is 0 Å². The molecular weight excluding hydrogens is 473 g/mol. The average Bonchev–Trinajstić information content (AvgIpc) is 3.69. The molecule has 1 amide bonds. The number of carbonyl (C=O) groups excluding carboxylic acids is 1. The van der Waals surface area contributed by atoms with Crippen LogP contribution in [-0.2, 0) is 13.1 Å². The van der Waals surface area contributed by atoms with E-state index in [4.69, 9.17) is 14.0 Å². The summed E-state index contributed by atoms with van der Waals surface area (Å²) in [5.41, 5.74) is 3.59. The highest BCUT2D eigenvalue weighted by Gasteiger charge is 2.28. The highest BCUT2D eigenvalue weighted by Crippen LogP contribution is 2.36. The first-order valence-electron chi connectivity index (χ1n) is 12.4. The van der Waals surface area contributed by atoms with Crippen molar-refractivity contribution >= 4 is 11.8 Å². The second kappa shape index (κ2) is 9.97. The molecule has 188 valence electrons. The zero-order valence-corrected chi connectivity index (χ0v) is 20.2. The molecule has 1 fully saturated rings. The quantitative estimate of drug-likeness (QED) is 0.327. The van der Waals surface area contributed by atoms with Crippen LogP contribution in [0.3, 0.4) is 0 Å². The maximum absolute atomic E-state index is 14.1. The van der Waals surface area contributed by atoms with Crippen LogP contribution in [0.1, 0.15) is 34.3 Å². The number of anilines is 1. The van der Waals surface area contributed by atoms with Crippen LogP contribution in [0.2, 0.25) is 0 Å². The number of halogens is 1. The van der Waals surface area contributed by atoms with E-state index in [-0.39, 0.29) is 31.4 Å². The van der Waals surface area contributed by atoms with Gasteiger partial charge >= 0.3 is 0 Å². The van der Waals surface area contributed by atoms with Gasteiger partial charge in [-0.15, -0.1) is 0 Å². The molecule has 0 aliphatic carbocycles. The van der Waals surface area contributed by atoms with E-state index in [1.165, 1.54) is 12.1 Å². The van der Waals surface area contributed by atoms with Crippen molar-refractivity contribution in [3.63, 3.8) is 0 Å². The SMILES string of the molecule is O=C(c1cccc(F)c1)N(Cc1ccc2c(c1)OCO2)Cc1c(-c2ccccc2)noc1N1CCCC1. The van der Waals surface area contributed by atoms with Crippen molar-refractivity contribution in [3.05, 3.63) is 95.3 Å². The lowest BCUT2D eigenvalue weighted by Crippen LogP contribution is -2.31. The van der Waals surface area contributed by atoms with E-state index in [2.05, 4.69) is 10.1 Å². The smallest absolute Gasteiger partial charge is 0.254 e. The van der Waals surface area contributed by atoms with Gasteiger partial charge in [0.05, 0.1) is 12.1 Å². The van der Waals surface area contributed by atoms with Gasteiger partial charge in [0.2, 0.25) is 12.7 Å². The summed E-state index contributed by atoms with van der Waals surface area (Å²) in [5.74, 6) is 1.25. The van der Waals surface area contributed by atoms with E-state index in [9.17, 15) is 9.18 Å². The fraction of sp³-hybridized carbons (Fsp3) is 0.241. The van der Waals surface area contributed by atoms with Crippen molar-refractivity contribution in [3.8, 4) is 22.8 Å². The van der Waals surface area contributed by atoms with Gasteiger partial charge in [-0.05, 0) is 48.7 Å². The Hall–Kier alpha value is -4.33. The van der Waals surface area contributed by atoms with Crippen LogP contribution in [0.15, 0.2) is 77.3 Å². The molecule has 3 aromatic carbocycles. The van der Waals surface area contributed by atoms with Gasteiger partial charge in [0.25, 0.3) is 5.91 Å². The maximum atomic E-state index is 14.1. The van der Waals surface area contributed by atoms with Crippen molar-refractivity contribution < 1.29 is 23.2 Å². The van der Waals surface area contributed by atoms with Crippen molar-refractivity contribution in [2.75, 3.05) is 24.8 Å². The van der Waals surface area contributed by atoms with Crippen LogP contribution in [0, 0.1) is 5.82 Å². The van der Waals surface area contributed by atoms with Crippen LogP contribution < -0.4 is 14.4 Å². The average molecular weight is 500 g/mol. The second-order valence-corrected chi connectivity index (χ2v) is 9.23. The Morgan fingerprint density at radius 2 is 1.73 bits per heavy atom. The normalized spacial score (nSPS) is 14.2. The highest BCUT2D eigenvalue weighted by molar-refractivity contribution is 5.94. The molecule has 7 nitrogen and oxygen atoms in total. The zero-order valence-electron chi connectivity index (χ0n) is 20.2. The fourth-order valence-electron chi connectivity index (χ4n) is 4.89. The number of rotatable bonds is 7. The van der Waals surface area contributed by atoms with Crippen LogP contribution >= 0.6 is 0 Å². The van der Waals surface area contributed by atoms with Gasteiger partial charge in [-0.3, -0.25) is 4.79 Å². The molecule has 1 aromatic heterocycles. The Bertz CT molecular complexity index is 1420. The van der Waals surface area contributed by atoms with Gasteiger partial charge in [-0.25, -0.2) is 4.39 Å². The van der Waals surface area contributed by atoms with E-state index in [0.717, 1.165) is 42.6 Å². The van der Waals surface area contributed by atoms with Crippen molar-refractivity contribution in [1.82, 2.24) is 10.1 Å². The summed E-state index contributed by atoms with van der Waals surface area (Å²) in [6.07, 6.45) is 2.15. The van der Waals surface area contributed by atoms with E-state index < -0.39 is 5.82 Å². The molecule has 6 rings (SSSR count). The first-order valence-corrected chi connectivity index (χ1v) is 12.4. The predicted octanol–water partition coefficient (Wildman–Crippen LogP) is 5.65. The molecule has 0 atom stereocenters. The Balaban J connectivity index is 1.40. The molecule has 4 aromatic rings. The summed E-state index contributed by atoms with van der Waals surface area (Å²) in [7, 11) is 0. The summed E-state index contributed by atoms with van der Waals surface area (Å²) in [6.45, 7) is 2.44. The molecule has 1 saturated heterocycles. The highest BCUT2D eigenvalue weighted by atomic mass is 19.1.